The molecule has 166 valence electrons. The van der Waals surface area contributed by atoms with E-state index in [0.29, 0.717) is 47.7 Å². The first-order valence-corrected chi connectivity index (χ1v) is 10.5. The molecular weight excluding hydrogens is 436 g/mol. The van der Waals surface area contributed by atoms with Crippen LogP contribution in [0.4, 0.5) is 11.4 Å². The van der Waals surface area contributed by atoms with Gasteiger partial charge in [-0.15, -0.1) is 0 Å². The van der Waals surface area contributed by atoms with Gasteiger partial charge in [-0.05, 0) is 36.6 Å². The van der Waals surface area contributed by atoms with Gasteiger partial charge in [0.05, 0.1) is 29.9 Å². The Kier molecular flexibility index (Phi) is 5.88. The van der Waals surface area contributed by atoms with Crippen LogP contribution in [0.1, 0.15) is 37.2 Å². The number of amides is 1. The molecule has 1 aliphatic carbocycles. The van der Waals surface area contributed by atoms with Crippen molar-refractivity contribution in [2.75, 3.05) is 19.1 Å². The van der Waals surface area contributed by atoms with Crippen LogP contribution in [-0.2, 0) is 9.59 Å². The van der Waals surface area contributed by atoms with E-state index in [4.69, 9.17) is 21.1 Å². The fraction of sp³-hybridized carbons (Fsp3) is 0.304. The smallest absolute Gasteiger partial charge is 0.271 e. The van der Waals surface area contributed by atoms with Crippen LogP contribution in [0.15, 0.2) is 47.7 Å². The lowest BCUT2D eigenvalue weighted by molar-refractivity contribution is -0.384. The number of rotatable bonds is 5. The minimum Gasteiger partial charge on any atom is -0.493 e. The summed E-state index contributed by atoms with van der Waals surface area (Å²) in [4.78, 5) is 38.3. The third-order valence-electron chi connectivity index (χ3n) is 5.87. The number of halogens is 1. The van der Waals surface area contributed by atoms with Crippen LogP contribution in [0, 0.1) is 10.1 Å². The Morgan fingerprint density at radius 2 is 1.81 bits per heavy atom. The van der Waals surface area contributed by atoms with Crippen LogP contribution < -0.4 is 14.4 Å². The number of nitro groups is 1. The maximum absolute atomic E-state index is 13.3. The Hall–Kier alpha value is -3.39. The van der Waals surface area contributed by atoms with Crippen LogP contribution in [0.3, 0.4) is 0 Å². The molecule has 8 nitrogen and oxygen atoms in total. The predicted octanol–water partition coefficient (Wildman–Crippen LogP) is 4.79. The minimum absolute atomic E-state index is 0.0124. The van der Waals surface area contributed by atoms with E-state index in [1.54, 1.807) is 19.2 Å². The van der Waals surface area contributed by atoms with Gasteiger partial charge in [-0.2, -0.15) is 0 Å². The van der Waals surface area contributed by atoms with E-state index < -0.39 is 10.8 Å². The largest absolute Gasteiger partial charge is 0.493 e. The predicted molar refractivity (Wildman–Crippen MR) is 118 cm³/mol. The number of hydrogen-bond donors (Lipinski definition) is 0. The molecule has 0 fully saturated rings. The number of carbonyl (C=O) groups is 2. The summed E-state index contributed by atoms with van der Waals surface area (Å²) < 4.78 is 10.7. The van der Waals surface area contributed by atoms with Gasteiger partial charge < -0.3 is 9.47 Å². The van der Waals surface area contributed by atoms with Gasteiger partial charge in [-0.3, -0.25) is 24.6 Å². The van der Waals surface area contributed by atoms with Crippen LogP contribution in [-0.4, -0.2) is 30.8 Å². The number of non-ortho nitro benzene ring substituents is 1. The number of ketones is 1. The fourth-order valence-corrected chi connectivity index (χ4v) is 4.68. The second-order valence-electron chi connectivity index (χ2n) is 7.63. The van der Waals surface area contributed by atoms with E-state index in [0.717, 1.165) is 5.56 Å². The molecule has 1 atom stereocenters. The summed E-state index contributed by atoms with van der Waals surface area (Å²) in [5.74, 6) is 0.416. The zero-order chi connectivity index (χ0) is 23.0. The number of ether oxygens (including phenoxy) is 2. The molecule has 32 heavy (non-hydrogen) atoms. The summed E-state index contributed by atoms with van der Waals surface area (Å²) in [6.07, 6.45) is 1.61. The molecule has 2 aliphatic rings. The van der Waals surface area contributed by atoms with Gasteiger partial charge in [-0.1, -0.05) is 17.7 Å². The maximum atomic E-state index is 13.3. The van der Waals surface area contributed by atoms with Crippen LogP contribution >= 0.6 is 11.6 Å². The molecule has 2 aromatic carbocycles. The van der Waals surface area contributed by atoms with E-state index in [2.05, 4.69) is 0 Å². The fourth-order valence-electron chi connectivity index (χ4n) is 4.42. The second-order valence-corrected chi connectivity index (χ2v) is 8.04. The molecule has 1 aliphatic heterocycles. The van der Waals surface area contributed by atoms with Crippen molar-refractivity contribution < 1.29 is 24.0 Å². The van der Waals surface area contributed by atoms with Crippen molar-refractivity contribution in [3.8, 4) is 11.5 Å². The topological polar surface area (TPSA) is 99.0 Å². The molecule has 4 rings (SSSR count). The van der Waals surface area contributed by atoms with Crippen molar-refractivity contribution in [1.82, 2.24) is 0 Å². The van der Waals surface area contributed by atoms with E-state index in [-0.39, 0.29) is 28.8 Å². The molecule has 0 N–H and O–H groups in total. The molecule has 0 saturated carbocycles. The molecular formula is C23H21ClN2O6. The number of carbonyl (C=O) groups excluding carboxylic acids is 2. The number of nitro benzene ring substituents is 1. The molecule has 0 radical (unpaired) electrons. The third kappa shape index (κ3) is 3.71. The molecule has 1 heterocycles. The molecule has 0 saturated heterocycles. The van der Waals surface area contributed by atoms with Crippen LogP contribution in [0.2, 0.25) is 5.02 Å². The summed E-state index contributed by atoms with van der Waals surface area (Å²) in [6.45, 7) is 0. The van der Waals surface area contributed by atoms with Crippen molar-refractivity contribution in [2.24, 2.45) is 0 Å². The van der Waals surface area contributed by atoms with E-state index in [9.17, 15) is 19.7 Å². The quantitative estimate of drug-likeness (QED) is 0.473. The lowest BCUT2D eigenvalue weighted by Crippen LogP contribution is -2.40. The lowest BCUT2D eigenvalue weighted by atomic mass is 9.77. The van der Waals surface area contributed by atoms with Crippen molar-refractivity contribution in [1.29, 1.82) is 0 Å². The van der Waals surface area contributed by atoms with E-state index in [1.807, 2.05) is 6.07 Å². The Morgan fingerprint density at radius 3 is 2.47 bits per heavy atom. The van der Waals surface area contributed by atoms with Crippen molar-refractivity contribution in [2.45, 2.75) is 31.6 Å². The first-order valence-electron chi connectivity index (χ1n) is 10.1. The average molecular weight is 457 g/mol. The van der Waals surface area contributed by atoms with Crippen molar-refractivity contribution >= 4 is 34.7 Å². The average Bonchev–Trinajstić information content (AvgIpc) is 2.78. The SMILES string of the molecule is COc1ccc(C2CC(=O)N(c3ccc([N+](=O)[O-])cc3Cl)C3=C2C(=O)CCC3)cc1OC. The highest BCUT2D eigenvalue weighted by Crippen LogP contribution is 2.46. The molecule has 9 heteroatoms. The monoisotopic (exact) mass is 456 g/mol. The van der Waals surface area contributed by atoms with Crippen molar-refractivity contribution in [3.05, 3.63) is 68.4 Å². The van der Waals surface area contributed by atoms with Gasteiger partial charge in [0.25, 0.3) is 5.69 Å². The first-order chi connectivity index (χ1) is 15.3. The molecule has 2 aromatic rings. The lowest BCUT2D eigenvalue weighted by Gasteiger charge is -2.38. The van der Waals surface area contributed by atoms with Gasteiger partial charge in [0.15, 0.2) is 17.3 Å². The van der Waals surface area contributed by atoms with Crippen molar-refractivity contribution in [3.63, 3.8) is 0 Å². The summed E-state index contributed by atoms with van der Waals surface area (Å²) >= 11 is 6.33. The highest BCUT2D eigenvalue weighted by Gasteiger charge is 2.40. The van der Waals surface area contributed by atoms with E-state index >= 15 is 0 Å². The molecule has 0 aromatic heterocycles. The molecule has 1 unspecified atom stereocenters. The highest BCUT2D eigenvalue weighted by molar-refractivity contribution is 6.34. The molecule has 0 bridgehead atoms. The standard InChI is InChI=1S/C23H21ClN2O6/c1-31-20-9-6-13(10-21(20)32-2)15-12-22(28)25(18-4-3-5-19(27)23(15)18)17-8-7-14(26(29)30)11-16(17)24/h6-11,15H,3-5,12H2,1-2H3. The maximum Gasteiger partial charge on any atom is 0.271 e. The minimum atomic E-state index is -0.546. The second kappa shape index (κ2) is 8.63. The number of allylic oxidation sites excluding steroid dienone is 2. The zero-order valence-electron chi connectivity index (χ0n) is 17.6. The Bertz CT molecular complexity index is 1160. The van der Waals surface area contributed by atoms with Crippen LogP contribution in [0.25, 0.3) is 0 Å². The summed E-state index contributed by atoms with van der Waals surface area (Å²) in [5, 5.41) is 11.2. The van der Waals surface area contributed by atoms with Crippen LogP contribution in [0.5, 0.6) is 11.5 Å². The number of Topliss-reactive ketones (excluding diaryl/α,β-unsaturated/α-hetero) is 1. The number of hydrogen-bond acceptors (Lipinski definition) is 6. The van der Waals surface area contributed by atoms with Gasteiger partial charge in [0, 0.05) is 42.2 Å². The Balaban J connectivity index is 1.84. The van der Waals surface area contributed by atoms with Gasteiger partial charge in [0.2, 0.25) is 5.91 Å². The Morgan fingerprint density at radius 1 is 1.06 bits per heavy atom. The summed E-state index contributed by atoms with van der Waals surface area (Å²) in [7, 11) is 3.07. The normalized spacial score (nSPS) is 18.5. The third-order valence-corrected chi connectivity index (χ3v) is 6.17. The number of anilines is 1. The number of nitrogens with zero attached hydrogens (tertiary/aromatic N) is 2. The van der Waals surface area contributed by atoms with Gasteiger partial charge in [0.1, 0.15) is 0 Å². The van der Waals surface area contributed by atoms with Gasteiger partial charge in [-0.25, -0.2) is 0 Å². The molecule has 1 amide bonds. The number of methoxy groups -OCH3 is 2. The zero-order valence-corrected chi connectivity index (χ0v) is 18.3. The van der Waals surface area contributed by atoms with E-state index in [1.165, 1.54) is 30.2 Å². The molecule has 0 spiro atoms. The number of benzene rings is 2. The summed E-state index contributed by atoms with van der Waals surface area (Å²) in [6, 6.07) is 9.36. The Labute approximate surface area is 189 Å². The van der Waals surface area contributed by atoms with Gasteiger partial charge >= 0.3 is 0 Å². The summed E-state index contributed by atoms with van der Waals surface area (Å²) in [5.41, 5.74) is 2.15. The first kappa shape index (κ1) is 21.8. The highest BCUT2D eigenvalue weighted by atomic mass is 35.5.